The van der Waals surface area contributed by atoms with Crippen LogP contribution in [0.4, 0.5) is 24.5 Å². The maximum atomic E-state index is 13.2. The molecule has 0 fully saturated rings. The van der Waals surface area contributed by atoms with Crippen molar-refractivity contribution in [2.24, 2.45) is 5.10 Å². The number of hydrazone groups is 1. The molecule has 0 amide bonds. The number of alkyl halides is 3. The van der Waals surface area contributed by atoms with Crippen LogP contribution in [-0.2, 0) is 10.9 Å². The van der Waals surface area contributed by atoms with Gasteiger partial charge in [-0.05, 0) is 61.2 Å². The van der Waals surface area contributed by atoms with Crippen LogP contribution < -0.4 is 16.3 Å². The van der Waals surface area contributed by atoms with Gasteiger partial charge in [0, 0.05) is 18.4 Å². The molecule has 0 bridgehead atoms. The van der Waals surface area contributed by atoms with Crippen molar-refractivity contribution in [3.8, 4) is 17.5 Å². The minimum absolute atomic E-state index is 0.00719. The van der Waals surface area contributed by atoms with E-state index in [4.69, 9.17) is 0 Å². The van der Waals surface area contributed by atoms with Gasteiger partial charge in [-0.2, -0.15) is 18.3 Å². The van der Waals surface area contributed by atoms with Gasteiger partial charge < -0.3 is 10.1 Å². The minimum Gasteiger partial charge on any atom is -0.464 e. The van der Waals surface area contributed by atoms with E-state index in [1.807, 2.05) is 12.1 Å². The number of anilines is 2. The largest absolute Gasteiger partial charge is 0.464 e. The van der Waals surface area contributed by atoms with E-state index in [1.165, 1.54) is 19.2 Å². The Balaban J connectivity index is 2.00. The standard InChI is InChI=1S/C24H20F3N5O3/c1-15-20(8-5-13-29-31-18-11-9-17(28-2)10-12-18)30-21(23(34)35-3)22(33)32(15)19-7-4-6-16(14-19)24(25,26)27/h4,6-7,9-14,28,31H,1-3H3/b29-13+. The lowest BCUT2D eigenvalue weighted by Crippen LogP contribution is -2.30. The zero-order valence-electron chi connectivity index (χ0n) is 18.9. The Hall–Kier alpha value is -4.59. The Morgan fingerprint density at radius 3 is 2.49 bits per heavy atom. The summed E-state index contributed by atoms with van der Waals surface area (Å²) in [6, 6.07) is 11.5. The Morgan fingerprint density at radius 1 is 1.17 bits per heavy atom. The van der Waals surface area contributed by atoms with Crippen LogP contribution in [0.15, 0.2) is 58.4 Å². The van der Waals surface area contributed by atoms with Gasteiger partial charge in [-0.1, -0.05) is 6.07 Å². The number of carbonyl (C=O) groups excluding carboxylic acids is 1. The third-order valence-electron chi connectivity index (χ3n) is 4.80. The Kier molecular flexibility index (Phi) is 7.56. The summed E-state index contributed by atoms with van der Waals surface area (Å²) in [5.41, 5.74) is 1.96. The normalized spacial score (nSPS) is 11.0. The predicted molar refractivity (Wildman–Crippen MR) is 126 cm³/mol. The molecule has 2 aromatic carbocycles. The van der Waals surface area contributed by atoms with Crippen LogP contribution in [0.2, 0.25) is 0 Å². The van der Waals surface area contributed by atoms with Gasteiger partial charge in [0.2, 0.25) is 5.69 Å². The number of rotatable bonds is 5. The molecule has 0 saturated heterocycles. The van der Waals surface area contributed by atoms with Crippen LogP contribution in [0.5, 0.6) is 0 Å². The van der Waals surface area contributed by atoms with Crippen LogP contribution >= 0.6 is 0 Å². The molecule has 0 spiro atoms. The fourth-order valence-electron chi connectivity index (χ4n) is 3.04. The highest BCUT2D eigenvalue weighted by atomic mass is 19.4. The molecule has 180 valence electrons. The second-order valence-electron chi connectivity index (χ2n) is 7.04. The molecule has 0 aliphatic carbocycles. The van der Waals surface area contributed by atoms with E-state index in [0.29, 0.717) is 5.69 Å². The highest BCUT2D eigenvalue weighted by molar-refractivity contribution is 5.87. The summed E-state index contributed by atoms with van der Waals surface area (Å²) in [6.45, 7) is 1.46. The summed E-state index contributed by atoms with van der Waals surface area (Å²) in [4.78, 5) is 29.0. The van der Waals surface area contributed by atoms with Crippen LogP contribution in [0.1, 0.15) is 27.4 Å². The Morgan fingerprint density at radius 2 is 1.86 bits per heavy atom. The van der Waals surface area contributed by atoms with Crippen molar-refractivity contribution < 1.29 is 22.7 Å². The number of hydrogen-bond donors (Lipinski definition) is 2. The SMILES string of the molecule is CNc1ccc(N/N=C/C#Cc2nc(C(=O)OC)c(=O)n(-c3cccc(C(F)(F)F)c3)c2C)cc1. The quantitative estimate of drug-likeness (QED) is 0.248. The number of esters is 1. The molecule has 1 aromatic heterocycles. The number of benzene rings is 2. The second-order valence-corrected chi connectivity index (χ2v) is 7.04. The van der Waals surface area contributed by atoms with E-state index in [2.05, 4.69) is 37.4 Å². The van der Waals surface area contributed by atoms with Gasteiger partial charge in [-0.25, -0.2) is 9.78 Å². The monoisotopic (exact) mass is 483 g/mol. The molecule has 0 unspecified atom stereocenters. The first-order valence-corrected chi connectivity index (χ1v) is 10.1. The van der Waals surface area contributed by atoms with Gasteiger partial charge in [0.15, 0.2) is 0 Å². The zero-order valence-corrected chi connectivity index (χ0v) is 18.9. The minimum atomic E-state index is -4.62. The molecule has 0 radical (unpaired) electrons. The number of methoxy groups -OCH3 is 1. The molecule has 0 aliphatic heterocycles. The number of aromatic nitrogens is 2. The third kappa shape index (κ3) is 5.86. The topological polar surface area (TPSA) is 97.6 Å². The predicted octanol–water partition coefficient (Wildman–Crippen LogP) is 3.84. The van der Waals surface area contributed by atoms with Crippen LogP contribution in [0.25, 0.3) is 5.69 Å². The molecule has 0 saturated carbocycles. The third-order valence-corrected chi connectivity index (χ3v) is 4.80. The van der Waals surface area contributed by atoms with Crippen molar-refractivity contribution in [3.05, 3.63) is 81.5 Å². The number of hydrogen-bond acceptors (Lipinski definition) is 7. The second kappa shape index (κ2) is 10.6. The average Bonchev–Trinajstić information content (AvgIpc) is 2.84. The molecular formula is C24H20F3N5O3. The highest BCUT2D eigenvalue weighted by Crippen LogP contribution is 2.30. The van der Waals surface area contributed by atoms with Crippen LogP contribution in [0.3, 0.4) is 0 Å². The van der Waals surface area contributed by atoms with Crippen molar-refractivity contribution in [2.45, 2.75) is 13.1 Å². The summed E-state index contributed by atoms with van der Waals surface area (Å²) in [6.07, 6.45) is -3.38. The summed E-state index contributed by atoms with van der Waals surface area (Å²) in [7, 11) is 2.86. The van der Waals surface area contributed by atoms with Crippen LogP contribution in [0, 0.1) is 18.8 Å². The van der Waals surface area contributed by atoms with Gasteiger partial charge in [0.05, 0.1) is 30.3 Å². The van der Waals surface area contributed by atoms with E-state index in [-0.39, 0.29) is 17.1 Å². The number of nitrogens with one attached hydrogen (secondary N) is 2. The summed E-state index contributed by atoms with van der Waals surface area (Å²) in [5.74, 6) is 4.25. The molecule has 3 aromatic rings. The molecule has 35 heavy (non-hydrogen) atoms. The van der Waals surface area contributed by atoms with Crippen LogP contribution in [-0.4, -0.2) is 35.9 Å². The lowest BCUT2D eigenvalue weighted by Gasteiger charge is -2.14. The smallest absolute Gasteiger partial charge is 0.416 e. The first kappa shape index (κ1) is 25.0. The number of ether oxygens (including phenoxy) is 1. The van der Waals surface area contributed by atoms with Crippen molar-refractivity contribution >= 4 is 23.6 Å². The van der Waals surface area contributed by atoms with E-state index in [1.54, 1.807) is 19.2 Å². The maximum Gasteiger partial charge on any atom is 0.416 e. The highest BCUT2D eigenvalue weighted by Gasteiger charge is 2.31. The lowest BCUT2D eigenvalue weighted by molar-refractivity contribution is -0.137. The van der Waals surface area contributed by atoms with Gasteiger partial charge >= 0.3 is 12.1 Å². The zero-order chi connectivity index (χ0) is 25.6. The molecule has 0 aliphatic rings. The molecule has 11 heteroatoms. The first-order chi connectivity index (χ1) is 16.7. The van der Waals surface area contributed by atoms with E-state index < -0.39 is 29.0 Å². The van der Waals surface area contributed by atoms with Crippen molar-refractivity contribution in [3.63, 3.8) is 0 Å². The summed E-state index contributed by atoms with van der Waals surface area (Å²) < 4.78 is 45.2. The first-order valence-electron chi connectivity index (χ1n) is 10.1. The molecule has 0 atom stereocenters. The maximum absolute atomic E-state index is 13.2. The van der Waals surface area contributed by atoms with Crippen molar-refractivity contribution in [2.75, 3.05) is 24.9 Å². The molecule has 3 rings (SSSR count). The Bertz CT molecular complexity index is 1380. The molecule has 2 N–H and O–H groups in total. The van der Waals surface area contributed by atoms with Gasteiger partial charge in [0.1, 0.15) is 5.69 Å². The van der Waals surface area contributed by atoms with Gasteiger partial charge in [0.25, 0.3) is 5.56 Å². The lowest BCUT2D eigenvalue weighted by atomic mass is 10.1. The van der Waals surface area contributed by atoms with Gasteiger partial charge in [-0.3, -0.25) is 14.8 Å². The molecule has 8 nitrogen and oxygen atoms in total. The molecular weight excluding hydrogens is 463 g/mol. The van der Waals surface area contributed by atoms with E-state index >= 15 is 0 Å². The number of halogens is 3. The molecule has 1 heterocycles. The fraction of sp³-hybridized carbons (Fsp3) is 0.167. The fourth-order valence-corrected chi connectivity index (χ4v) is 3.04. The summed E-state index contributed by atoms with van der Waals surface area (Å²) >= 11 is 0. The Labute approximate surface area is 198 Å². The van der Waals surface area contributed by atoms with Crippen molar-refractivity contribution in [1.82, 2.24) is 9.55 Å². The van der Waals surface area contributed by atoms with Crippen molar-refractivity contribution in [1.29, 1.82) is 0 Å². The number of nitrogens with zero attached hydrogens (tertiary/aromatic N) is 3. The number of carbonyl (C=O) groups is 1. The van der Waals surface area contributed by atoms with E-state index in [9.17, 15) is 22.8 Å². The van der Waals surface area contributed by atoms with E-state index in [0.717, 1.165) is 35.6 Å². The average molecular weight is 483 g/mol. The summed E-state index contributed by atoms with van der Waals surface area (Å²) in [5, 5.41) is 6.96. The van der Waals surface area contributed by atoms with Gasteiger partial charge in [-0.15, -0.1) is 0 Å².